The van der Waals surface area contributed by atoms with Gasteiger partial charge in [-0.3, -0.25) is 9.59 Å². The van der Waals surface area contributed by atoms with E-state index < -0.39 is 99.3 Å². The molecule has 2 aliphatic heterocycles. The molecule has 7 N–H and O–H groups in total. The molecule has 4 unspecified atom stereocenters. The van der Waals surface area contributed by atoms with Gasteiger partial charge < -0.3 is 64.2 Å². The maximum Gasteiger partial charge on any atom is 0.306 e. The molecule has 430 valence electrons. The predicted molar refractivity (Wildman–Crippen MR) is 289 cm³/mol. The summed E-state index contributed by atoms with van der Waals surface area (Å²) in [4.78, 5) is 25.9. The van der Waals surface area contributed by atoms with Gasteiger partial charge in [-0.25, -0.2) is 0 Å². The van der Waals surface area contributed by atoms with Crippen LogP contribution in [0.4, 0.5) is 0 Å². The molecule has 0 aromatic carbocycles. The SMILES string of the molecule is CCCCC/C=C/C/C=C/C/C=C/C/C=C/CCCCCC(=O)OC[C@@H](CO[C@@H]1O[C@H](CO[C@@H]2O[C@H](CO)[C@H](O)C(O)C2O)[C@H](O)C(O)C1O)OC(=O)CCCCCCCCCCCCCCCCCCCCC. The molecule has 15 nitrogen and oxygen atoms in total. The Balaban J connectivity index is 1.77. The molecule has 0 aromatic heterocycles. The number of ether oxygens (including phenoxy) is 6. The van der Waals surface area contributed by atoms with Crippen molar-refractivity contribution in [2.45, 2.75) is 287 Å². The number of unbranched alkanes of at least 4 members (excludes halogenated alkanes) is 24. The van der Waals surface area contributed by atoms with Gasteiger partial charge in [0, 0.05) is 12.8 Å². The van der Waals surface area contributed by atoms with Gasteiger partial charge in [-0.1, -0.05) is 197 Å². The number of aliphatic hydroxyl groups excluding tert-OH is 7. The van der Waals surface area contributed by atoms with E-state index in [9.17, 15) is 45.3 Å². The van der Waals surface area contributed by atoms with Crippen molar-refractivity contribution in [3.8, 4) is 0 Å². The third-order valence-electron chi connectivity index (χ3n) is 13.8. The highest BCUT2D eigenvalue weighted by molar-refractivity contribution is 5.70. The van der Waals surface area contributed by atoms with Gasteiger partial charge in [0.1, 0.15) is 55.4 Å². The lowest BCUT2D eigenvalue weighted by Crippen LogP contribution is -2.61. The van der Waals surface area contributed by atoms with Crippen molar-refractivity contribution in [2.24, 2.45) is 0 Å². The van der Waals surface area contributed by atoms with Gasteiger partial charge in [-0.2, -0.15) is 0 Å². The van der Waals surface area contributed by atoms with Crippen molar-refractivity contribution in [1.29, 1.82) is 0 Å². The zero-order valence-electron chi connectivity index (χ0n) is 45.8. The lowest BCUT2D eigenvalue weighted by Gasteiger charge is -2.42. The van der Waals surface area contributed by atoms with Crippen LogP contribution in [-0.4, -0.2) is 142 Å². The first-order valence-electron chi connectivity index (χ1n) is 29.2. The fraction of sp³-hybridized carbons (Fsp3) is 0.831. The molecule has 2 heterocycles. The molecule has 2 fully saturated rings. The molecule has 2 aliphatic rings. The van der Waals surface area contributed by atoms with Crippen molar-refractivity contribution in [1.82, 2.24) is 0 Å². The number of carbonyl (C=O) groups is 2. The Hall–Kier alpha value is -2.54. The lowest BCUT2D eigenvalue weighted by atomic mass is 9.98. The minimum Gasteiger partial charge on any atom is -0.462 e. The second-order valence-corrected chi connectivity index (χ2v) is 20.5. The molecule has 0 radical (unpaired) electrons. The number of aliphatic hydroxyl groups is 7. The average Bonchev–Trinajstić information content (AvgIpc) is 3.39. The number of esters is 2. The highest BCUT2D eigenvalue weighted by atomic mass is 16.7. The molecule has 0 saturated carbocycles. The second-order valence-electron chi connectivity index (χ2n) is 20.5. The van der Waals surface area contributed by atoms with Crippen LogP contribution >= 0.6 is 0 Å². The standard InChI is InChI=1S/C59H104O15/c1-3-5-7-9-11-13-15-17-19-21-23-25-27-29-31-33-35-37-39-41-50(61)69-44-47(72-51(62)42-40-38-36-34-32-30-28-26-24-22-20-18-16-14-12-10-8-6-4-2)45-70-58-57(68)55(66)53(64)49(74-58)46-71-59-56(67)54(65)52(63)48(43-60)73-59/h11,13,17,19,23,25,29,31,47-49,52-60,63-68H,3-10,12,14-16,18,20-22,24,26-28,30,32-46H2,1-2H3/b13-11+,19-17+,25-23+,31-29+/t47-,48+,49+,52-,53-,54?,55?,56?,57?,58+,59+/m0/s1. The van der Waals surface area contributed by atoms with Crippen molar-refractivity contribution in [3.63, 3.8) is 0 Å². The molecule has 11 atom stereocenters. The van der Waals surface area contributed by atoms with Crippen molar-refractivity contribution in [2.75, 3.05) is 26.4 Å². The fourth-order valence-corrected chi connectivity index (χ4v) is 9.02. The first-order chi connectivity index (χ1) is 36.0. The van der Waals surface area contributed by atoms with Crippen LogP contribution in [0.25, 0.3) is 0 Å². The third-order valence-corrected chi connectivity index (χ3v) is 13.8. The van der Waals surface area contributed by atoms with Gasteiger partial charge in [0.25, 0.3) is 0 Å². The van der Waals surface area contributed by atoms with E-state index in [1.165, 1.54) is 116 Å². The van der Waals surface area contributed by atoms with Gasteiger partial charge in [0.15, 0.2) is 18.7 Å². The summed E-state index contributed by atoms with van der Waals surface area (Å²) >= 11 is 0. The summed E-state index contributed by atoms with van der Waals surface area (Å²) in [6.07, 6.45) is 35.6. The second kappa shape index (κ2) is 45.5. The molecule has 0 aromatic rings. The highest BCUT2D eigenvalue weighted by Crippen LogP contribution is 2.27. The number of hydrogen-bond acceptors (Lipinski definition) is 15. The van der Waals surface area contributed by atoms with Crippen LogP contribution in [0.1, 0.15) is 219 Å². The minimum atomic E-state index is -1.77. The van der Waals surface area contributed by atoms with Crippen LogP contribution in [0.5, 0.6) is 0 Å². The average molecular weight is 1050 g/mol. The minimum absolute atomic E-state index is 0.160. The van der Waals surface area contributed by atoms with E-state index in [1.807, 2.05) is 0 Å². The topological polar surface area (TPSA) is 231 Å². The van der Waals surface area contributed by atoms with Crippen LogP contribution in [-0.2, 0) is 38.0 Å². The van der Waals surface area contributed by atoms with Crippen molar-refractivity contribution >= 4 is 11.9 Å². The maximum absolute atomic E-state index is 13.1. The molecular formula is C59H104O15. The molecule has 0 spiro atoms. The van der Waals surface area contributed by atoms with E-state index in [2.05, 4.69) is 62.5 Å². The van der Waals surface area contributed by atoms with E-state index in [4.69, 9.17) is 28.4 Å². The highest BCUT2D eigenvalue weighted by Gasteiger charge is 2.47. The van der Waals surface area contributed by atoms with E-state index in [0.29, 0.717) is 12.8 Å². The Bertz CT molecular complexity index is 1470. The molecule has 15 heteroatoms. The number of hydrogen-bond donors (Lipinski definition) is 7. The maximum atomic E-state index is 13.1. The van der Waals surface area contributed by atoms with E-state index in [1.54, 1.807) is 0 Å². The van der Waals surface area contributed by atoms with Gasteiger partial charge in [0.2, 0.25) is 0 Å². The largest absolute Gasteiger partial charge is 0.462 e. The van der Waals surface area contributed by atoms with Crippen LogP contribution in [0.2, 0.25) is 0 Å². The van der Waals surface area contributed by atoms with Crippen LogP contribution < -0.4 is 0 Å². The van der Waals surface area contributed by atoms with Gasteiger partial charge in [0.05, 0.1) is 19.8 Å². The monoisotopic (exact) mass is 1050 g/mol. The zero-order chi connectivity index (χ0) is 53.9. The van der Waals surface area contributed by atoms with Gasteiger partial charge in [-0.15, -0.1) is 0 Å². The Morgan fingerprint density at radius 3 is 1.30 bits per heavy atom. The van der Waals surface area contributed by atoms with Crippen LogP contribution in [0.15, 0.2) is 48.6 Å². The first-order valence-corrected chi connectivity index (χ1v) is 29.2. The first kappa shape index (κ1) is 67.6. The number of allylic oxidation sites excluding steroid dienone is 8. The molecule has 0 aliphatic carbocycles. The predicted octanol–water partition coefficient (Wildman–Crippen LogP) is 9.83. The summed E-state index contributed by atoms with van der Waals surface area (Å²) in [6, 6.07) is 0. The Morgan fingerprint density at radius 1 is 0.432 bits per heavy atom. The molecule has 0 amide bonds. The summed E-state index contributed by atoms with van der Waals surface area (Å²) in [5.74, 6) is -0.953. The fourth-order valence-electron chi connectivity index (χ4n) is 9.02. The Kier molecular flexibility index (Phi) is 41.5. The Morgan fingerprint density at radius 2 is 0.811 bits per heavy atom. The van der Waals surface area contributed by atoms with Crippen molar-refractivity contribution in [3.05, 3.63) is 48.6 Å². The summed E-state index contributed by atoms with van der Waals surface area (Å²) in [5.41, 5.74) is 0. The van der Waals surface area contributed by atoms with E-state index >= 15 is 0 Å². The van der Waals surface area contributed by atoms with Crippen LogP contribution in [0, 0.1) is 0 Å². The Labute approximate surface area is 446 Å². The third kappa shape index (κ3) is 32.3. The summed E-state index contributed by atoms with van der Waals surface area (Å²) < 4.78 is 33.7. The quantitative estimate of drug-likeness (QED) is 0.0171. The lowest BCUT2D eigenvalue weighted by molar-refractivity contribution is -0.332. The summed E-state index contributed by atoms with van der Waals surface area (Å²) in [5, 5.41) is 72.3. The van der Waals surface area contributed by atoms with Crippen molar-refractivity contribution < 1.29 is 73.8 Å². The zero-order valence-corrected chi connectivity index (χ0v) is 45.8. The van der Waals surface area contributed by atoms with Gasteiger partial charge in [-0.05, 0) is 57.8 Å². The normalized spacial score (nSPS) is 25.0. The van der Waals surface area contributed by atoms with E-state index in [0.717, 1.165) is 64.2 Å². The van der Waals surface area contributed by atoms with Gasteiger partial charge >= 0.3 is 11.9 Å². The molecule has 2 rings (SSSR count). The number of rotatable bonds is 46. The van der Waals surface area contributed by atoms with E-state index in [-0.39, 0.29) is 19.4 Å². The molecule has 2 saturated heterocycles. The molecule has 0 bridgehead atoms. The molecular weight excluding hydrogens is 949 g/mol. The van der Waals surface area contributed by atoms with Crippen LogP contribution in [0.3, 0.4) is 0 Å². The number of carbonyl (C=O) groups excluding carboxylic acids is 2. The molecule has 74 heavy (non-hydrogen) atoms. The summed E-state index contributed by atoms with van der Waals surface area (Å²) in [7, 11) is 0. The smallest absolute Gasteiger partial charge is 0.306 e. The summed E-state index contributed by atoms with van der Waals surface area (Å²) in [6.45, 7) is 2.56.